The molecule has 4 nitrogen and oxygen atoms in total. The van der Waals surface area contributed by atoms with E-state index in [4.69, 9.17) is 5.73 Å². The van der Waals surface area contributed by atoms with Gasteiger partial charge in [0.2, 0.25) is 5.91 Å². The van der Waals surface area contributed by atoms with Crippen molar-refractivity contribution >= 4 is 11.7 Å². The van der Waals surface area contributed by atoms with Gasteiger partial charge in [-0.15, -0.1) is 0 Å². The van der Waals surface area contributed by atoms with Gasteiger partial charge in [-0.25, -0.2) is 0 Å². The van der Waals surface area contributed by atoms with Gasteiger partial charge in [-0.3, -0.25) is 14.5 Å². The number of hydrogen-bond acceptors (Lipinski definition) is 3. The largest absolute Gasteiger partial charge is 0.369 e. The fourth-order valence-electron chi connectivity index (χ4n) is 1.84. The molecule has 1 amide bonds. The number of Topliss-reactive ketones (excluding diaryl/α,β-unsaturated/α-hetero) is 1. The fourth-order valence-corrected chi connectivity index (χ4v) is 1.84. The molecule has 0 aliphatic rings. The zero-order chi connectivity index (χ0) is 13.5. The second kappa shape index (κ2) is 6.91. The van der Waals surface area contributed by atoms with Crippen LogP contribution in [0.4, 0.5) is 0 Å². The third-order valence-electron chi connectivity index (χ3n) is 2.47. The maximum atomic E-state index is 12.0. The van der Waals surface area contributed by atoms with Crippen molar-refractivity contribution < 1.29 is 9.59 Å². The fraction of sp³-hybridized carbons (Fsp3) is 0.429. The molecule has 0 heterocycles. The van der Waals surface area contributed by atoms with Crippen molar-refractivity contribution in [2.45, 2.75) is 13.8 Å². The van der Waals surface area contributed by atoms with Crippen molar-refractivity contribution in [3.8, 4) is 0 Å². The number of nitrogens with two attached hydrogens (primary N) is 1. The Morgan fingerprint density at radius 2 is 1.78 bits per heavy atom. The second-order valence-corrected chi connectivity index (χ2v) is 4.82. The summed E-state index contributed by atoms with van der Waals surface area (Å²) in [4.78, 5) is 24.8. The molecule has 0 aromatic heterocycles. The third kappa shape index (κ3) is 5.10. The lowest BCUT2D eigenvalue weighted by Gasteiger charge is -2.21. The number of benzene rings is 1. The van der Waals surface area contributed by atoms with Crippen LogP contribution in [0.3, 0.4) is 0 Å². The van der Waals surface area contributed by atoms with E-state index >= 15 is 0 Å². The van der Waals surface area contributed by atoms with Gasteiger partial charge in [0, 0.05) is 12.1 Å². The molecule has 18 heavy (non-hydrogen) atoms. The standard InChI is InChI=1S/C14H20N2O2/c1-11(2)8-16(10-14(15)18)9-13(17)12-6-4-3-5-7-12/h3-7,11H,8-10H2,1-2H3,(H2,15,18). The van der Waals surface area contributed by atoms with E-state index in [2.05, 4.69) is 0 Å². The van der Waals surface area contributed by atoms with Crippen LogP contribution in [0.25, 0.3) is 0 Å². The zero-order valence-electron chi connectivity index (χ0n) is 10.9. The average molecular weight is 248 g/mol. The number of hydrogen-bond donors (Lipinski definition) is 1. The monoisotopic (exact) mass is 248 g/mol. The van der Waals surface area contributed by atoms with E-state index in [9.17, 15) is 9.59 Å². The minimum atomic E-state index is -0.406. The van der Waals surface area contributed by atoms with Gasteiger partial charge in [0.25, 0.3) is 0 Å². The molecule has 0 spiro atoms. The van der Waals surface area contributed by atoms with Gasteiger partial charge in [0.05, 0.1) is 13.1 Å². The molecule has 0 radical (unpaired) electrons. The van der Waals surface area contributed by atoms with Crippen LogP contribution >= 0.6 is 0 Å². The van der Waals surface area contributed by atoms with Gasteiger partial charge in [0.1, 0.15) is 0 Å². The van der Waals surface area contributed by atoms with Gasteiger partial charge in [-0.1, -0.05) is 44.2 Å². The number of carbonyl (C=O) groups is 2. The van der Waals surface area contributed by atoms with Gasteiger partial charge < -0.3 is 5.73 Å². The van der Waals surface area contributed by atoms with Crippen molar-refractivity contribution in [1.82, 2.24) is 4.90 Å². The maximum Gasteiger partial charge on any atom is 0.231 e. The first-order valence-corrected chi connectivity index (χ1v) is 6.08. The predicted octanol–water partition coefficient (Wildman–Crippen LogP) is 1.31. The van der Waals surface area contributed by atoms with Gasteiger partial charge in [-0.2, -0.15) is 0 Å². The van der Waals surface area contributed by atoms with Crippen LogP contribution in [0.15, 0.2) is 30.3 Å². The van der Waals surface area contributed by atoms with E-state index in [0.29, 0.717) is 18.0 Å². The van der Waals surface area contributed by atoms with E-state index < -0.39 is 5.91 Å². The highest BCUT2D eigenvalue weighted by molar-refractivity contribution is 5.97. The van der Waals surface area contributed by atoms with E-state index in [1.807, 2.05) is 32.0 Å². The Balaban J connectivity index is 2.65. The molecule has 0 aliphatic carbocycles. The van der Waals surface area contributed by atoms with E-state index in [0.717, 1.165) is 0 Å². The van der Waals surface area contributed by atoms with Crippen molar-refractivity contribution in [3.63, 3.8) is 0 Å². The molecule has 1 rings (SSSR count). The van der Waals surface area contributed by atoms with E-state index in [1.54, 1.807) is 17.0 Å². The minimum Gasteiger partial charge on any atom is -0.369 e. The summed E-state index contributed by atoms with van der Waals surface area (Å²) in [6.07, 6.45) is 0. The zero-order valence-corrected chi connectivity index (χ0v) is 10.9. The maximum absolute atomic E-state index is 12.0. The molecule has 2 N–H and O–H groups in total. The van der Waals surface area contributed by atoms with Crippen LogP contribution in [-0.2, 0) is 4.79 Å². The number of nitrogens with zero attached hydrogens (tertiary/aromatic N) is 1. The van der Waals surface area contributed by atoms with Crippen molar-refractivity contribution in [3.05, 3.63) is 35.9 Å². The van der Waals surface area contributed by atoms with Crippen molar-refractivity contribution in [2.75, 3.05) is 19.6 Å². The Labute approximate surface area is 108 Å². The van der Waals surface area contributed by atoms with Gasteiger partial charge in [-0.05, 0) is 5.92 Å². The highest BCUT2D eigenvalue weighted by Crippen LogP contribution is 2.04. The molecule has 4 heteroatoms. The summed E-state index contributed by atoms with van der Waals surface area (Å²) in [5.41, 5.74) is 5.85. The van der Waals surface area contributed by atoms with Crippen LogP contribution < -0.4 is 5.73 Å². The molecule has 0 bridgehead atoms. The van der Waals surface area contributed by atoms with Gasteiger partial charge in [0.15, 0.2) is 5.78 Å². The average Bonchev–Trinajstić information content (AvgIpc) is 2.28. The first kappa shape index (κ1) is 14.4. The molecule has 0 unspecified atom stereocenters. The van der Waals surface area contributed by atoms with E-state index in [-0.39, 0.29) is 18.9 Å². The number of rotatable bonds is 7. The Kier molecular flexibility index (Phi) is 5.52. The lowest BCUT2D eigenvalue weighted by Crippen LogP contribution is -2.39. The highest BCUT2D eigenvalue weighted by atomic mass is 16.1. The Hall–Kier alpha value is -1.68. The molecule has 0 atom stereocenters. The number of carbonyl (C=O) groups excluding carboxylic acids is 2. The number of primary amides is 1. The number of ketones is 1. The summed E-state index contributed by atoms with van der Waals surface area (Å²) >= 11 is 0. The molecule has 1 aromatic rings. The second-order valence-electron chi connectivity index (χ2n) is 4.82. The molecule has 0 aliphatic heterocycles. The predicted molar refractivity (Wildman–Crippen MR) is 71.2 cm³/mol. The summed E-state index contributed by atoms with van der Waals surface area (Å²) < 4.78 is 0. The van der Waals surface area contributed by atoms with Crippen molar-refractivity contribution in [2.24, 2.45) is 11.7 Å². The lowest BCUT2D eigenvalue weighted by atomic mass is 10.1. The molecule has 0 saturated carbocycles. The Morgan fingerprint density at radius 3 is 2.28 bits per heavy atom. The van der Waals surface area contributed by atoms with Crippen molar-refractivity contribution in [1.29, 1.82) is 0 Å². The third-order valence-corrected chi connectivity index (χ3v) is 2.47. The summed E-state index contributed by atoms with van der Waals surface area (Å²) in [7, 11) is 0. The van der Waals surface area contributed by atoms with Gasteiger partial charge >= 0.3 is 0 Å². The molecular weight excluding hydrogens is 228 g/mol. The minimum absolute atomic E-state index is 0.0116. The molecular formula is C14H20N2O2. The smallest absolute Gasteiger partial charge is 0.231 e. The molecule has 98 valence electrons. The quantitative estimate of drug-likeness (QED) is 0.740. The lowest BCUT2D eigenvalue weighted by molar-refractivity contribution is -0.119. The summed E-state index contributed by atoms with van der Waals surface area (Å²) in [6, 6.07) is 9.08. The first-order valence-electron chi connectivity index (χ1n) is 6.08. The van der Waals surface area contributed by atoms with Crippen LogP contribution in [0.5, 0.6) is 0 Å². The molecule has 0 fully saturated rings. The highest BCUT2D eigenvalue weighted by Gasteiger charge is 2.15. The Bertz CT molecular complexity index is 402. The topological polar surface area (TPSA) is 63.4 Å². The van der Waals surface area contributed by atoms with Crippen LogP contribution in [0.2, 0.25) is 0 Å². The van der Waals surface area contributed by atoms with Crippen LogP contribution in [0, 0.1) is 5.92 Å². The summed E-state index contributed by atoms with van der Waals surface area (Å²) in [5, 5.41) is 0. The SMILES string of the molecule is CC(C)CN(CC(N)=O)CC(=O)c1ccccc1. The number of amides is 1. The van der Waals surface area contributed by atoms with Crippen LogP contribution in [-0.4, -0.2) is 36.2 Å². The summed E-state index contributed by atoms with van der Waals surface area (Å²) in [5.74, 6) is -0.0121. The molecule has 0 saturated heterocycles. The van der Waals surface area contributed by atoms with Crippen LogP contribution in [0.1, 0.15) is 24.2 Å². The normalized spacial score (nSPS) is 10.9. The van der Waals surface area contributed by atoms with E-state index in [1.165, 1.54) is 0 Å². The Morgan fingerprint density at radius 1 is 1.17 bits per heavy atom. The summed E-state index contributed by atoms with van der Waals surface area (Å²) in [6.45, 7) is 5.12. The molecule has 1 aromatic carbocycles. The first-order chi connectivity index (χ1) is 8.49.